The van der Waals surface area contributed by atoms with E-state index < -0.39 is 6.10 Å². The van der Waals surface area contributed by atoms with Crippen molar-refractivity contribution in [3.05, 3.63) is 35.4 Å². The zero-order chi connectivity index (χ0) is 14.6. The van der Waals surface area contributed by atoms with Gasteiger partial charge in [0.15, 0.2) is 0 Å². The summed E-state index contributed by atoms with van der Waals surface area (Å²) < 4.78 is 5.17. The molecular formula is C17H27NO2. The number of aliphatic hydroxyl groups is 1. The van der Waals surface area contributed by atoms with Crippen molar-refractivity contribution in [2.75, 3.05) is 13.7 Å². The smallest absolute Gasteiger partial charge is 0.0858 e. The van der Waals surface area contributed by atoms with Crippen molar-refractivity contribution in [2.45, 2.75) is 45.3 Å². The monoisotopic (exact) mass is 277 g/mol. The zero-order valence-corrected chi connectivity index (χ0v) is 12.6. The summed E-state index contributed by atoms with van der Waals surface area (Å²) >= 11 is 0. The van der Waals surface area contributed by atoms with Gasteiger partial charge in [0.25, 0.3) is 0 Å². The first-order chi connectivity index (χ1) is 9.61. The van der Waals surface area contributed by atoms with Crippen LogP contribution in [0.3, 0.4) is 0 Å². The maximum Gasteiger partial charge on any atom is 0.0858 e. The minimum atomic E-state index is -0.475. The van der Waals surface area contributed by atoms with Crippen molar-refractivity contribution in [3.63, 3.8) is 0 Å². The van der Waals surface area contributed by atoms with Crippen molar-refractivity contribution < 1.29 is 9.84 Å². The molecule has 2 rings (SSSR count). The number of ether oxygens (including phenoxy) is 1. The Morgan fingerprint density at radius 2 is 2.10 bits per heavy atom. The van der Waals surface area contributed by atoms with Gasteiger partial charge in [-0.2, -0.15) is 0 Å². The lowest BCUT2D eigenvalue weighted by molar-refractivity contribution is -0.00828. The first-order valence-electron chi connectivity index (χ1n) is 7.57. The van der Waals surface area contributed by atoms with Gasteiger partial charge in [-0.1, -0.05) is 44.0 Å². The maximum atomic E-state index is 10.9. The minimum Gasteiger partial charge on any atom is -0.388 e. The van der Waals surface area contributed by atoms with Gasteiger partial charge in [-0.15, -0.1) is 0 Å². The molecule has 3 heteroatoms. The van der Waals surface area contributed by atoms with E-state index in [0.29, 0.717) is 13.2 Å². The van der Waals surface area contributed by atoms with Crippen LogP contribution in [0.5, 0.6) is 0 Å². The Bertz CT molecular complexity index is 425. The number of hydrogen-bond donors (Lipinski definition) is 2. The van der Waals surface area contributed by atoms with Crippen molar-refractivity contribution in [1.29, 1.82) is 0 Å². The molecule has 1 saturated carbocycles. The fraction of sp³-hybridized carbons (Fsp3) is 0.647. The fourth-order valence-corrected chi connectivity index (χ4v) is 3.30. The topological polar surface area (TPSA) is 55.5 Å². The molecular weight excluding hydrogens is 250 g/mol. The predicted octanol–water partition coefficient (Wildman–Crippen LogP) is 3.02. The van der Waals surface area contributed by atoms with Crippen LogP contribution in [0.25, 0.3) is 0 Å². The Morgan fingerprint density at radius 1 is 1.40 bits per heavy atom. The van der Waals surface area contributed by atoms with E-state index in [2.05, 4.69) is 6.92 Å². The quantitative estimate of drug-likeness (QED) is 0.870. The lowest BCUT2D eigenvalue weighted by Gasteiger charge is -2.42. The molecule has 112 valence electrons. The molecule has 0 saturated heterocycles. The van der Waals surface area contributed by atoms with E-state index in [0.717, 1.165) is 42.7 Å². The second-order valence-electron chi connectivity index (χ2n) is 6.33. The highest BCUT2D eigenvalue weighted by atomic mass is 16.5. The number of nitrogens with two attached hydrogens (primary N) is 1. The highest BCUT2D eigenvalue weighted by Crippen LogP contribution is 2.46. The van der Waals surface area contributed by atoms with Crippen LogP contribution in [0.4, 0.5) is 0 Å². The van der Waals surface area contributed by atoms with Crippen molar-refractivity contribution in [3.8, 4) is 0 Å². The SMILES string of the molecule is COCc1cccc(C(O)C2(CN)CCC(C)CC2)c1. The van der Waals surface area contributed by atoms with Crippen LogP contribution in [0.1, 0.15) is 49.8 Å². The van der Waals surface area contributed by atoms with Gasteiger partial charge >= 0.3 is 0 Å². The molecule has 1 fully saturated rings. The summed E-state index contributed by atoms with van der Waals surface area (Å²) in [6.45, 7) is 3.41. The molecule has 1 aliphatic carbocycles. The van der Waals surface area contributed by atoms with E-state index in [1.807, 2.05) is 24.3 Å². The van der Waals surface area contributed by atoms with Crippen molar-refractivity contribution >= 4 is 0 Å². The summed E-state index contributed by atoms with van der Waals surface area (Å²) in [6.07, 6.45) is 3.87. The largest absolute Gasteiger partial charge is 0.388 e. The lowest BCUT2D eigenvalue weighted by Crippen LogP contribution is -2.40. The van der Waals surface area contributed by atoms with Crippen LogP contribution >= 0.6 is 0 Å². The molecule has 20 heavy (non-hydrogen) atoms. The Hall–Kier alpha value is -0.900. The van der Waals surface area contributed by atoms with E-state index in [-0.39, 0.29) is 5.41 Å². The summed E-state index contributed by atoms with van der Waals surface area (Å²) in [7, 11) is 1.69. The zero-order valence-electron chi connectivity index (χ0n) is 12.6. The van der Waals surface area contributed by atoms with Gasteiger partial charge < -0.3 is 15.6 Å². The van der Waals surface area contributed by atoms with E-state index in [1.165, 1.54) is 0 Å². The van der Waals surface area contributed by atoms with Crippen LogP contribution in [0, 0.1) is 11.3 Å². The summed E-state index contributed by atoms with van der Waals surface area (Å²) in [5, 5.41) is 10.9. The molecule has 0 heterocycles. The second kappa shape index (κ2) is 6.70. The average Bonchev–Trinajstić information content (AvgIpc) is 2.48. The maximum absolute atomic E-state index is 10.9. The first kappa shape index (κ1) is 15.5. The highest BCUT2D eigenvalue weighted by Gasteiger charge is 2.40. The van der Waals surface area contributed by atoms with Gasteiger partial charge in [0.2, 0.25) is 0 Å². The predicted molar refractivity (Wildman–Crippen MR) is 81.2 cm³/mol. The Morgan fingerprint density at radius 3 is 2.70 bits per heavy atom. The van der Waals surface area contributed by atoms with Gasteiger partial charge in [-0.25, -0.2) is 0 Å². The third kappa shape index (κ3) is 3.22. The van der Waals surface area contributed by atoms with Crippen LogP contribution in [-0.2, 0) is 11.3 Å². The van der Waals surface area contributed by atoms with Gasteiger partial charge in [0.1, 0.15) is 0 Å². The lowest BCUT2D eigenvalue weighted by atomic mass is 9.66. The number of methoxy groups -OCH3 is 1. The molecule has 0 amide bonds. The van der Waals surface area contributed by atoms with Gasteiger partial charge in [0, 0.05) is 19.1 Å². The average molecular weight is 277 g/mol. The third-order valence-electron chi connectivity index (χ3n) is 4.83. The number of aliphatic hydroxyl groups excluding tert-OH is 1. The van der Waals surface area contributed by atoms with E-state index >= 15 is 0 Å². The molecule has 0 spiro atoms. The molecule has 1 aromatic carbocycles. The Kier molecular flexibility index (Phi) is 5.19. The summed E-state index contributed by atoms with van der Waals surface area (Å²) in [5.74, 6) is 0.752. The molecule has 0 aliphatic heterocycles. The van der Waals surface area contributed by atoms with Crippen LogP contribution in [-0.4, -0.2) is 18.8 Å². The van der Waals surface area contributed by atoms with Crippen molar-refractivity contribution in [2.24, 2.45) is 17.1 Å². The van der Waals surface area contributed by atoms with E-state index in [9.17, 15) is 5.11 Å². The number of benzene rings is 1. The normalized spacial score (nSPS) is 28.3. The third-order valence-corrected chi connectivity index (χ3v) is 4.83. The highest BCUT2D eigenvalue weighted by molar-refractivity contribution is 5.26. The summed E-state index contributed by atoms with van der Waals surface area (Å²) in [6, 6.07) is 8.06. The molecule has 0 aromatic heterocycles. The second-order valence-corrected chi connectivity index (χ2v) is 6.33. The molecule has 1 atom stereocenters. The molecule has 3 N–H and O–H groups in total. The Balaban J connectivity index is 2.19. The molecule has 3 nitrogen and oxygen atoms in total. The molecule has 1 unspecified atom stereocenters. The summed E-state index contributed by atoms with van der Waals surface area (Å²) in [4.78, 5) is 0. The van der Waals surface area contributed by atoms with E-state index in [1.54, 1.807) is 7.11 Å². The fourth-order valence-electron chi connectivity index (χ4n) is 3.30. The summed E-state index contributed by atoms with van der Waals surface area (Å²) in [5.41, 5.74) is 7.95. The molecule has 1 aliphatic rings. The van der Waals surface area contributed by atoms with Crippen molar-refractivity contribution in [1.82, 2.24) is 0 Å². The Labute approximate surface area is 122 Å². The van der Waals surface area contributed by atoms with E-state index in [4.69, 9.17) is 10.5 Å². The van der Waals surface area contributed by atoms with Gasteiger partial charge in [-0.3, -0.25) is 0 Å². The van der Waals surface area contributed by atoms with Gasteiger partial charge in [-0.05, 0) is 29.9 Å². The molecule has 1 aromatic rings. The molecule has 0 bridgehead atoms. The first-order valence-corrected chi connectivity index (χ1v) is 7.57. The number of hydrogen-bond acceptors (Lipinski definition) is 3. The standard InChI is InChI=1S/C17H27NO2/c1-13-6-8-17(12-18,9-7-13)16(19)15-5-3-4-14(10-15)11-20-2/h3-5,10,13,16,19H,6-9,11-12,18H2,1-2H3. The minimum absolute atomic E-state index is 0.155. The number of rotatable bonds is 5. The van der Waals surface area contributed by atoms with Crippen LogP contribution in [0.15, 0.2) is 24.3 Å². The van der Waals surface area contributed by atoms with Crippen LogP contribution in [0.2, 0.25) is 0 Å². The van der Waals surface area contributed by atoms with Crippen LogP contribution < -0.4 is 5.73 Å². The van der Waals surface area contributed by atoms with Gasteiger partial charge in [0.05, 0.1) is 12.7 Å². The molecule has 0 radical (unpaired) electrons.